The van der Waals surface area contributed by atoms with Crippen molar-refractivity contribution in [2.75, 3.05) is 0 Å². The maximum absolute atomic E-state index is 13.4. The first-order chi connectivity index (χ1) is 13.3. The van der Waals surface area contributed by atoms with Crippen molar-refractivity contribution in [1.29, 1.82) is 0 Å². The molecule has 0 aliphatic carbocycles. The Hall–Kier alpha value is -3.66. The van der Waals surface area contributed by atoms with E-state index < -0.39 is 0 Å². The van der Waals surface area contributed by atoms with Crippen LogP contribution in [0.5, 0.6) is 0 Å². The van der Waals surface area contributed by atoms with Crippen molar-refractivity contribution in [3.8, 4) is 22.8 Å². The van der Waals surface area contributed by atoms with Gasteiger partial charge in [-0.05, 0) is 42.5 Å². The lowest BCUT2D eigenvalue weighted by molar-refractivity contribution is 0.628. The van der Waals surface area contributed by atoms with E-state index in [-0.39, 0.29) is 5.82 Å². The van der Waals surface area contributed by atoms with Crippen LogP contribution in [0.4, 0.5) is 4.39 Å². The summed E-state index contributed by atoms with van der Waals surface area (Å²) in [5.74, 6) is 0.285. The quantitative estimate of drug-likeness (QED) is 0.412. The number of benzene rings is 3. The van der Waals surface area contributed by atoms with Crippen molar-refractivity contribution >= 4 is 21.8 Å². The van der Waals surface area contributed by atoms with Crippen LogP contribution in [-0.2, 0) is 0 Å². The minimum atomic E-state index is -0.270. The van der Waals surface area contributed by atoms with Crippen molar-refractivity contribution in [3.63, 3.8) is 0 Å². The van der Waals surface area contributed by atoms with Gasteiger partial charge in [-0.15, -0.1) is 0 Å². The number of rotatable bonds is 2. The average molecular weight is 351 g/mol. The predicted molar refractivity (Wildman–Crippen MR) is 106 cm³/mol. The minimum Gasteiger partial charge on any atom is -0.244 e. The number of aromatic nitrogens is 3. The van der Waals surface area contributed by atoms with E-state index in [1.165, 1.54) is 12.1 Å². The summed E-state index contributed by atoms with van der Waals surface area (Å²) in [5.41, 5.74) is 4.05. The summed E-state index contributed by atoms with van der Waals surface area (Å²) in [6.07, 6.45) is 0. The second-order valence-corrected chi connectivity index (χ2v) is 6.31. The number of hydrogen-bond acceptors (Lipinski definition) is 3. The molecule has 0 aliphatic heterocycles. The molecule has 3 aromatic carbocycles. The Kier molecular flexibility index (Phi) is 3.61. The van der Waals surface area contributed by atoms with Crippen LogP contribution < -0.4 is 0 Å². The third kappa shape index (κ3) is 2.81. The molecule has 0 saturated heterocycles. The molecule has 0 saturated carbocycles. The smallest absolute Gasteiger partial charge is 0.179 e. The van der Waals surface area contributed by atoms with Crippen molar-refractivity contribution in [3.05, 3.63) is 90.7 Å². The van der Waals surface area contributed by atoms with Gasteiger partial charge >= 0.3 is 0 Å². The lowest BCUT2D eigenvalue weighted by Crippen LogP contribution is -1.97. The summed E-state index contributed by atoms with van der Waals surface area (Å²) in [6.45, 7) is 0. The Morgan fingerprint density at radius 2 is 1.33 bits per heavy atom. The number of halogens is 1. The predicted octanol–water partition coefficient (Wildman–Crippen LogP) is 5.65. The molecular formula is C23H14FN3. The Bertz CT molecular complexity index is 1280. The van der Waals surface area contributed by atoms with E-state index in [1.807, 2.05) is 60.7 Å². The molecule has 0 fully saturated rings. The molecule has 0 bridgehead atoms. The van der Waals surface area contributed by atoms with Gasteiger partial charge in [0.25, 0.3) is 0 Å². The van der Waals surface area contributed by atoms with E-state index in [9.17, 15) is 4.39 Å². The van der Waals surface area contributed by atoms with Crippen molar-refractivity contribution < 1.29 is 4.39 Å². The van der Waals surface area contributed by atoms with Gasteiger partial charge in [0.1, 0.15) is 11.5 Å². The second-order valence-electron chi connectivity index (χ2n) is 6.31. The van der Waals surface area contributed by atoms with E-state index in [1.54, 1.807) is 12.1 Å². The van der Waals surface area contributed by atoms with Gasteiger partial charge in [0.2, 0.25) is 0 Å². The van der Waals surface area contributed by atoms with Crippen LogP contribution in [0.25, 0.3) is 44.6 Å². The molecule has 0 N–H and O–H groups in total. The van der Waals surface area contributed by atoms with Gasteiger partial charge in [0.15, 0.2) is 5.82 Å². The molecule has 2 aromatic heterocycles. The molecule has 0 unspecified atom stereocenters. The molecule has 0 radical (unpaired) electrons. The Morgan fingerprint density at radius 1 is 0.593 bits per heavy atom. The van der Waals surface area contributed by atoms with Crippen molar-refractivity contribution in [2.24, 2.45) is 0 Å². The highest BCUT2D eigenvalue weighted by atomic mass is 19.1. The molecule has 3 nitrogen and oxygen atoms in total. The summed E-state index contributed by atoms with van der Waals surface area (Å²) in [4.78, 5) is 14.2. The Balaban J connectivity index is 1.76. The molecule has 0 aliphatic rings. The third-order valence-electron chi connectivity index (χ3n) is 4.55. The van der Waals surface area contributed by atoms with Gasteiger partial charge in [0.05, 0.1) is 16.7 Å². The largest absolute Gasteiger partial charge is 0.244 e. The van der Waals surface area contributed by atoms with Gasteiger partial charge in [-0.1, -0.05) is 42.5 Å². The average Bonchev–Trinajstić information content (AvgIpc) is 2.73. The zero-order chi connectivity index (χ0) is 18.2. The van der Waals surface area contributed by atoms with Crippen LogP contribution in [0.2, 0.25) is 0 Å². The number of fused-ring (bicyclic) bond motifs is 2. The van der Waals surface area contributed by atoms with Crippen LogP contribution in [0.1, 0.15) is 0 Å². The highest BCUT2D eigenvalue weighted by molar-refractivity contribution is 5.93. The Morgan fingerprint density at radius 3 is 2.19 bits per heavy atom. The van der Waals surface area contributed by atoms with E-state index in [2.05, 4.69) is 0 Å². The third-order valence-corrected chi connectivity index (χ3v) is 4.55. The number of nitrogens with zero attached hydrogens (tertiary/aromatic N) is 3. The molecule has 0 amide bonds. The van der Waals surface area contributed by atoms with Gasteiger partial charge in [0, 0.05) is 16.3 Å². The van der Waals surface area contributed by atoms with Crippen LogP contribution in [0.15, 0.2) is 84.9 Å². The number of hydrogen-bond donors (Lipinski definition) is 0. The highest BCUT2D eigenvalue weighted by Gasteiger charge is 2.12. The van der Waals surface area contributed by atoms with Crippen LogP contribution in [0.3, 0.4) is 0 Å². The number of para-hydroxylation sites is 2. The molecule has 5 aromatic rings. The Labute approximate surface area is 155 Å². The van der Waals surface area contributed by atoms with Gasteiger partial charge in [-0.25, -0.2) is 19.3 Å². The summed E-state index contributed by atoms with van der Waals surface area (Å²) in [7, 11) is 0. The first-order valence-corrected chi connectivity index (χ1v) is 8.67. The van der Waals surface area contributed by atoms with Crippen LogP contribution in [-0.4, -0.2) is 15.0 Å². The van der Waals surface area contributed by atoms with E-state index in [0.29, 0.717) is 11.5 Å². The van der Waals surface area contributed by atoms with Gasteiger partial charge in [-0.3, -0.25) is 0 Å². The lowest BCUT2D eigenvalue weighted by Gasteiger charge is -2.09. The SMILES string of the molecule is Fc1ccc(-c2nc(-c3ccc4ccccc4n3)nc3ccccc23)cc1. The maximum atomic E-state index is 13.4. The van der Waals surface area contributed by atoms with E-state index >= 15 is 0 Å². The molecule has 0 atom stereocenters. The summed E-state index contributed by atoms with van der Waals surface area (Å²) >= 11 is 0. The first kappa shape index (κ1) is 15.6. The van der Waals surface area contributed by atoms with Gasteiger partial charge < -0.3 is 0 Å². The topological polar surface area (TPSA) is 38.7 Å². The summed E-state index contributed by atoms with van der Waals surface area (Å²) in [5, 5.41) is 1.99. The van der Waals surface area contributed by atoms with E-state index in [4.69, 9.17) is 15.0 Å². The molecule has 27 heavy (non-hydrogen) atoms. The summed E-state index contributed by atoms with van der Waals surface area (Å²) in [6, 6.07) is 26.1. The zero-order valence-corrected chi connectivity index (χ0v) is 14.3. The molecule has 128 valence electrons. The molecular weight excluding hydrogens is 337 g/mol. The minimum absolute atomic E-state index is 0.270. The van der Waals surface area contributed by atoms with Crippen LogP contribution >= 0.6 is 0 Å². The normalized spacial score (nSPS) is 11.1. The lowest BCUT2D eigenvalue weighted by atomic mass is 10.1. The van der Waals surface area contributed by atoms with E-state index in [0.717, 1.165) is 33.1 Å². The molecule has 0 spiro atoms. The highest BCUT2D eigenvalue weighted by Crippen LogP contribution is 2.29. The fourth-order valence-corrected chi connectivity index (χ4v) is 3.21. The molecule has 2 heterocycles. The zero-order valence-electron chi connectivity index (χ0n) is 14.3. The number of pyridine rings is 1. The summed E-state index contributed by atoms with van der Waals surface area (Å²) < 4.78 is 13.4. The second kappa shape index (κ2) is 6.25. The molecule has 5 rings (SSSR count). The van der Waals surface area contributed by atoms with Gasteiger partial charge in [-0.2, -0.15) is 0 Å². The monoisotopic (exact) mass is 351 g/mol. The maximum Gasteiger partial charge on any atom is 0.179 e. The fraction of sp³-hybridized carbons (Fsp3) is 0. The fourth-order valence-electron chi connectivity index (χ4n) is 3.21. The standard InChI is InChI=1S/C23H14FN3/c24-17-12-9-16(10-13-17)22-18-6-2-4-8-20(18)26-23(27-22)21-14-11-15-5-1-3-7-19(15)25-21/h1-14H. The molecule has 4 heteroatoms. The first-order valence-electron chi connectivity index (χ1n) is 8.67. The van der Waals surface area contributed by atoms with Crippen molar-refractivity contribution in [1.82, 2.24) is 15.0 Å². The van der Waals surface area contributed by atoms with Crippen molar-refractivity contribution in [2.45, 2.75) is 0 Å². The van der Waals surface area contributed by atoms with Crippen LogP contribution in [0, 0.1) is 5.82 Å².